The lowest BCUT2D eigenvalue weighted by Gasteiger charge is -1.91. The van der Waals surface area contributed by atoms with Gasteiger partial charge in [0.2, 0.25) is 0 Å². The molecule has 0 heterocycles. The van der Waals surface area contributed by atoms with E-state index in [0.29, 0.717) is 5.75 Å². The Bertz CT molecular complexity index is 236. The molecule has 0 radical (unpaired) electrons. The molecule has 1 aromatic rings. The first kappa shape index (κ1) is 8.14. The quantitative estimate of drug-likeness (QED) is 0.429. The molecule has 11 heavy (non-hydrogen) atoms. The van der Waals surface area contributed by atoms with E-state index in [9.17, 15) is 4.57 Å². The summed E-state index contributed by atoms with van der Waals surface area (Å²) in [6.45, 7) is 0. The van der Waals surface area contributed by atoms with Crippen LogP contribution in [0, 0.1) is 0 Å². The van der Waals surface area contributed by atoms with Crippen LogP contribution in [-0.2, 0) is 9.24 Å². The molecule has 0 saturated carbocycles. The Morgan fingerprint density at radius 3 is 2.45 bits per heavy atom. The highest BCUT2D eigenvalue weighted by molar-refractivity contribution is 7.31. The number of benzene rings is 1. The molecule has 0 amide bonds. The van der Waals surface area contributed by atoms with Crippen molar-refractivity contribution in [3.63, 3.8) is 0 Å². The second-order valence-electron chi connectivity index (χ2n) is 1.71. The highest BCUT2D eigenvalue weighted by Crippen LogP contribution is 2.18. The van der Waals surface area contributed by atoms with E-state index in [-0.39, 0.29) is 0 Å². The van der Waals surface area contributed by atoms with Gasteiger partial charge in [-0.15, -0.1) is 4.89 Å². The first-order valence-corrected chi connectivity index (χ1v) is 3.98. The summed E-state index contributed by atoms with van der Waals surface area (Å²) >= 11 is 0. The van der Waals surface area contributed by atoms with Crippen LogP contribution >= 0.6 is 8.25 Å². The third-order valence-electron chi connectivity index (χ3n) is 0.940. The second-order valence-corrected chi connectivity index (χ2v) is 2.33. The van der Waals surface area contributed by atoms with Crippen LogP contribution in [0.4, 0.5) is 0 Å². The Labute approximate surface area is 64.3 Å². The predicted octanol–water partition coefficient (Wildman–Crippen LogP) is 1.65. The van der Waals surface area contributed by atoms with E-state index in [1.807, 2.05) is 0 Å². The molecular weight excluding hydrogens is 167 g/mol. The fraction of sp³-hybridized carbons (Fsp3) is 0. The zero-order valence-corrected chi connectivity index (χ0v) is 6.40. The van der Waals surface area contributed by atoms with E-state index in [4.69, 9.17) is 4.89 Å². The Kier molecular flexibility index (Phi) is 2.98. The van der Waals surface area contributed by atoms with Crippen molar-refractivity contribution in [2.75, 3.05) is 0 Å². The molecule has 5 heteroatoms. The molecular formula is C6H6O4P+. The smallest absolute Gasteiger partial charge is 0.291 e. The van der Waals surface area contributed by atoms with Crippen molar-refractivity contribution in [2.45, 2.75) is 0 Å². The van der Waals surface area contributed by atoms with Crippen molar-refractivity contribution in [3.05, 3.63) is 30.3 Å². The molecule has 1 atom stereocenters. The van der Waals surface area contributed by atoms with E-state index in [1.54, 1.807) is 30.3 Å². The number of rotatable bonds is 3. The molecule has 4 nitrogen and oxygen atoms in total. The maximum absolute atomic E-state index is 9.97. The fourth-order valence-electron chi connectivity index (χ4n) is 0.551. The van der Waals surface area contributed by atoms with Crippen molar-refractivity contribution in [1.82, 2.24) is 0 Å². The van der Waals surface area contributed by atoms with E-state index in [1.165, 1.54) is 0 Å². The third kappa shape index (κ3) is 3.09. The summed E-state index contributed by atoms with van der Waals surface area (Å²) in [4.78, 5) is 12.6. The molecule has 0 bridgehead atoms. The molecule has 0 aliphatic heterocycles. The largest absolute Gasteiger partial charge is 0.735 e. The zero-order chi connectivity index (χ0) is 8.10. The molecule has 0 spiro atoms. The van der Waals surface area contributed by atoms with Crippen LogP contribution < -0.4 is 4.89 Å². The fourth-order valence-corrected chi connectivity index (χ4v) is 0.701. The Morgan fingerprint density at radius 2 is 1.91 bits per heavy atom. The summed E-state index contributed by atoms with van der Waals surface area (Å²) < 4.78 is 14.0. The van der Waals surface area contributed by atoms with Crippen molar-refractivity contribution < 1.29 is 19.0 Å². The molecule has 0 fully saturated rings. The number of hydrogen-bond donors (Lipinski definition) is 1. The SMILES string of the molecule is O=[P+](O)OOc1ccccc1. The Balaban J connectivity index is 2.45. The molecule has 0 saturated heterocycles. The highest BCUT2D eigenvalue weighted by atomic mass is 31.1. The minimum absolute atomic E-state index is 0.393. The van der Waals surface area contributed by atoms with Crippen LogP contribution in [0.25, 0.3) is 0 Å². The van der Waals surface area contributed by atoms with Crippen LogP contribution in [0.1, 0.15) is 0 Å². The van der Waals surface area contributed by atoms with Gasteiger partial charge in [-0.2, -0.15) is 0 Å². The first-order valence-electron chi connectivity index (χ1n) is 2.85. The van der Waals surface area contributed by atoms with Gasteiger partial charge in [-0.1, -0.05) is 18.2 Å². The Hall–Kier alpha value is -0.960. The summed E-state index contributed by atoms with van der Waals surface area (Å²) in [7, 11) is -2.70. The monoisotopic (exact) mass is 173 g/mol. The van der Waals surface area contributed by atoms with E-state index in [2.05, 4.69) is 9.56 Å². The lowest BCUT2D eigenvalue weighted by Crippen LogP contribution is -1.87. The molecule has 0 aliphatic carbocycles. The second kappa shape index (κ2) is 4.03. The zero-order valence-electron chi connectivity index (χ0n) is 5.51. The predicted molar refractivity (Wildman–Crippen MR) is 38.0 cm³/mol. The van der Waals surface area contributed by atoms with E-state index in [0.717, 1.165) is 0 Å². The van der Waals surface area contributed by atoms with E-state index >= 15 is 0 Å². The molecule has 58 valence electrons. The number of para-hydroxylation sites is 1. The average Bonchev–Trinajstić information content (AvgIpc) is 2.03. The minimum Gasteiger partial charge on any atom is -0.291 e. The van der Waals surface area contributed by atoms with Gasteiger partial charge in [0.15, 0.2) is 5.75 Å². The van der Waals surface area contributed by atoms with Gasteiger partial charge >= 0.3 is 8.25 Å². The highest BCUT2D eigenvalue weighted by Gasteiger charge is 2.14. The van der Waals surface area contributed by atoms with Gasteiger partial charge in [0.25, 0.3) is 0 Å². The maximum atomic E-state index is 9.97. The van der Waals surface area contributed by atoms with Gasteiger partial charge in [-0.05, 0) is 12.1 Å². The molecule has 1 rings (SSSR count). The summed E-state index contributed by atoms with van der Waals surface area (Å²) in [5.41, 5.74) is 0. The summed E-state index contributed by atoms with van der Waals surface area (Å²) in [5, 5.41) is 0. The summed E-state index contributed by atoms with van der Waals surface area (Å²) in [6, 6.07) is 8.47. The van der Waals surface area contributed by atoms with Crippen LogP contribution in [-0.4, -0.2) is 4.89 Å². The normalized spacial score (nSPS) is 10.8. The van der Waals surface area contributed by atoms with Crippen molar-refractivity contribution in [1.29, 1.82) is 0 Å². The van der Waals surface area contributed by atoms with Crippen LogP contribution in [0.3, 0.4) is 0 Å². The lowest BCUT2D eigenvalue weighted by molar-refractivity contribution is -0.101. The molecule has 1 N–H and O–H groups in total. The minimum atomic E-state index is -2.70. The maximum Gasteiger partial charge on any atom is 0.735 e. The summed E-state index contributed by atoms with van der Waals surface area (Å²) in [6.07, 6.45) is 0. The van der Waals surface area contributed by atoms with Gasteiger partial charge in [0.1, 0.15) is 4.67 Å². The van der Waals surface area contributed by atoms with Gasteiger partial charge in [0.05, 0.1) is 0 Å². The van der Waals surface area contributed by atoms with Crippen LogP contribution in [0.15, 0.2) is 30.3 Å². The molecule has 1 aromatic carbocycles. The topological polar surface area (TPSA) is 55.8 Å². The third-order valence-corrected chi connectivity index (χ3v) is 1.14. The Morgan fingerprint density at radius 1 is 1.27 bits per heavy atom. The van der Waals surface area contributed by atoms with Crippen molar-refractivity contribution in [3.8, 4) is 5.75 Å². The lowest BCUT2D eigenvalue weighted by atomic mass is 10.3. The molecule has 1 unspecified atom stereocenters. The van der Waals surface area contributed by atoms with Crippen molar-refractivity contribution in [2.24, 2.45) is 0 Å². The number of hydrogen-bond acceptors (Lipinski definition) is 3. The van der Waals surface area contributed by atoms with Gasteiger partial charge in [-0.3, -0.25) is 4.89 Å². The first-order chi connectivity index (χ1) is 5.29. The standard InChI is InChI=1S/C6H5O4P/c7-11(8)10-9-6-4-2-1-3-5-6/h1-5H/p+1. The van der Waals surface area contributed by atoms with Gasteiger partial charge in [0, 0.05) is 4.57 Å². The molecule has 0 aromatic heterocycles. The average molecular weight is 173 g/mol. The van der Waals surface area contributed by atoms with Gasteiger partial charge < -0.3 is 0 Å². The van der Waals surface area contributed by atoms with Crippen molar-refractivity contribution >= 4 is 8.25 Å². The molecule has 0 aliphatic rings. The van der Waals surface area contributed by atoms with Gasteiger partial charge in [-0.25, -0.2) is 0 Å². The van der Waals surface area contributed by atoms with E-state index < -0.39 is 8.25 Å². The van der Waals surface area contributed by atoms with Crippen LogP contribution in [0.5, 0.6) is 5.75 Å². The summed E-state index contributed by atoms with van der Waals surface area (Å²) in [5.74, 6) is 0.393. The van der Waals surface area contributed by atoms with Crippen LogP contribution in [0.2, 0.25) is 0 Å².